The van der Waals surface area contributed by atoms with Gasteiger partial charge >= 0.3 is 12.1 Å². The predicted octanol–water partition coefficient (Wildman–Crippen LogP) is 4.46. The molecule has 2 aromatic heterocycles. The van der Waals surface area contributed by atoms with Crippen LogP contribution in [0, 0.1) is 6.92 Å². The van der Waals surface area contributed by atoms with E-state index >= 15 is 0 Å². The number of halogens is 3. The summed E-state index contributed by atoms with van der Waals surface area (Å²) >= 11 is 1.72. The first kappa shape index (κ1) is 24.2. The second-order valence-electron chi connectivity index (χ2n) is 7.01. The Labute approximate surface area is 190 Å². The average Bonchev–Trinajstić information content (AvgIpc) is 3.29. The van der Waals surface area contributed by atoms with Crippen molar-refractivity contribution in [3.8, 4) is 0 Å². The van der Waals surface area contributed by atoms with Gasteiger partial charge in [-0.2, -0.15) is 13.2 Å². The number of rotatable bonds is 7. The molecule has 12 heteroatoms. The van der Waals surface area contributed by atoms with Crippen LogP contribution in [0.1, 0.15) is 62.8 Å². The molecule has 0 bridgehead atoms. The first-order chi connectivity index (χ1) is 15.0. The molecule has 3 rings (SSSR count). The number of carbonyl (C=O) groups is 3. The van der Waals surface area contributed by atoms with Gasteiger partial charge in [0, 0.05) is 11.3 Å². The number of thioether (sulfide) groups is 1. The lowest BCUT2D eigenvalue weighted by Gasteiger charge is -2.12. The van der Waals surface area contributed by atoms with Crippen LogP contribution in [0.3, 0.4) is 0 Å². The molecule has 0 fully saturated rings. The van der Waals surface area contributed by atoms with Crippen LogP contribution in [0.25, 0.3) is 0 Å². The number of hydrogen-bond acceptors (Lipinski definition) is 8. The second kappa shape index (κ2) is 9.57. The fourth-order valence-electron chi connectivity index (χ4n) is 3.39. The molecule has 1 aliphatic rings. The number of aryl methyl sites for hydroxylation is 1. The van der Waals surface area contributed by atoms with Crippen LogP contribution < -0.4 is 5.32 Å². The zero-order valence-electron chi connectivity index (χ0n) is 17.5. The van der Waals surface area contributed by atoms with Crippen molar-refractivity contribution in [1.82, 2.24) is 9.97 Å². The molecule has 0 aliphatic heterocycles. The van der Waals surface area contributed by atoms with Gasteiger partial charge in [-0.3, -0.25) is 9.59 Å². The lowest BCUT2D eigenvalue weighted by Crippen LogP contribution is -2.17. The summed E-state index contributed by atoms with van der Waals surface area (Å²) in [6.07, 6.45) is -3.30. The number of aromatic nitrogens is 2. The summed E-state index contributed by atoms with van der Waals surface area (Å²) < 4.78 is 45.1. The van der Waals surface area contributed by atoms with Gasteiger partial charge in [-0.1, -0.05) is 11.8 Å². The Bertz CT molecular complexity index is 1080. The van der Waals surface area contributed by atoms with E-state index in [0.29, 0.717) is 29.0 Å². The number of anilines is 1. The van der Waals surface area contributed by atoms with Crippen molar-refractivity contribution in [2.24, 2.45) is 0 Å². The summed E-state index contributed by atoms with van der Waals surface area (Å²) in [7, 11) is 0. The molecule has 2 heterocycles. The topological polar surface area (TPSA) is 98.2 Å². The van der Waals surface area contributed by atoms with Crippen molar-refractivity contribution in [1.29, 1.82) is 0 Å². The Balaban J connectivity index is 1.78. The molecule has 172 valence electrons. The number of esters is 1. The number of carbonyl (C=O) groups excluding carboxylic acids is 3. The number of Topliss-reactive ketones (excluding diaryl/α,β-unsaturated/α-hetero) is 1. The first-order valence-electron chi connectivity index (χ1n) is 9.74. The van der Waals surface area contributed by atoms with Gasteiger partial charge in [0.1, 0.15) is 5.00 Å². The highest BCUT2D eigenvalue weighted by Gasteiger charge is 2.38. The van der Waals surface area contributed by atoms with E-state index in [1.165, 1.54) is 6.92 Å². The normalized spacial score (nSPS) is 13.1. The summed E-state index contributed by atoms with van der Waals surface area (Å²) in [6.45, 7) is 4.68. The maximum Gasteiger partial charge on any atom is 0.433 e. The minimum absolute atomic E-state index is 0.0912. The minimum atomic E-state index is -4.60. The van der Waals surface area contributed by atoms with Crippen molar-refractivity contribution in [3.63, 3.8) is 0 Å². The van der Waals surface area contributed by atoms with Crippen LogP contribution in [0.2, 0.25) is 0 Å². The predicted molar refractivity (Wildman–Crippen MR) is 113 cm³/mol. The molecule has 0 saturated heterocycles. The molecular weight excluding hydrogens is 467 g/mol. The first-order valence-corrected chi connectivity index (χ1v) is 11.5. The average molecular weight is 488 g/mol. The summed E-state index contributed by atoms with van der Waals surface area (Å²) in [4.78, 5) is 44.8. The largest absolute Gasteiger partial charge is 0.462 e. The summed E-state index contributed by atoms with van der Waals surface area (Å²) in [6, 6.07) is 0. The molecule has 7 nitrogen and oxygen atoms in total. The van der Waals surface area contributed by atoms with Crippen LogP contribution in [0.5, 0.6) is 0 Å². The molecule has 0 atom stereocenters. The summed E-state index contributed by atoms with van der Waals surface area (Å²) in [5, 5.41) is 2.58. The van der Waals surface area contributed by atoms with Crippen LogP contribution in [0.4, 0.5) is 18.2 Å². The van der Waals surface area contributed by atoms with Crippen molar-refractivity contribution >= 4 is 45.8 Å². The number of thiophene rings is 1. The van der Waals surface area contributed by atoms with E-state index in [0.717, 1.165) is 23.1 Å². The summed E-state index contributed by atoms with van der Waals surface area (Å²) in [5.74, 6) is -1.78. The number of amides is 1. The van der Waals surface area contributed by atoms with Crippen molar-refractivity contribution in [2.75, 3.05) is 17.7 Å². The molecular formula is C20H20F3N3O4S2. The Morgan fingerprint density at radius 3 is 2.56 bits per heavy atom. The third kappa shape index (κ3) is 5.12. The van der Waals surface area contributed by atoms with E-state index in [9.17, 15) is 27.6 Å². The fourth-order valence-corrected chi connectivity index (χ4v) is 5.16. The Morgan fingerprint density at radius 2 is 1.94 bits per heavy atom. The smallest absolute Gasteiger partial charge is 0.433 e. The lowest BCUT2D eigenvalue weighted by atomic mass is 10.1. The van der Waals surface area contributed by atoms with E-state index in [1.54, 1.807) is 13.8 Å². The zero-order valence-corrected chi connectivity index (χ0v) is 19.1. The van der Waals surface area contributed by atoms with Gasteiger partial charge in [-0.25, -0.2) is 14.8 Å². The highest BCUT2D eigenvalue weighted by molar-refractivity contribution is 7.99. The van der Waals surface area contributed by atoms with Crippen LogP contribution in [0.15, 0.2) is 5.16 Å². The number of nitrogens with one attached hydrogen (secondary N) is 1. The number of hydrogen-bond donors (Lipinski definition) is 1. The third-order valence-electron chi connectivity index (χ3n) is 4.71. The Hall–Kier alpha value is -2.47. The highest BCUT2D eigenvalue weighted by atomic mass is 32.2. The highest BCUT2D eigenvalue weighted by Crippen LogP contribution is 2.37. The monoisotopic (exact) mass is 487 g/mol. The van der Waals surface area contributed by atoms with Gasteiger partial charge in [-0.15, -0.1) is 11.3 Å². The molecule has 0 spiro atoms. The number of ether oxygens (including phenoxy) is 1. The molecule has 0 radical (unpaired) electrons. The van der Waals surface area contributed by atoms with Gasteiger partial charge in [0.25, 0.3) is 0 Å². The second-order valence-corrected chi connectivity index (χ2v) is 8.97. The molecule has 2 aromatic rings. The van der Waals surface area contributed by atoms with E-state index < -0.39 is 23.7 Å². The third-order valence-corrected chi connectivity index (χ3v) is 6.87. The fraction of sp³-hybridized carbons (Fsp3) is 0.450. The Kier molecular flexibility index (Phi) is 7.23. The number of alkyl halides is 3. The van der Waals surface area contributed by atoms with Gasteiger partial charge in [0.05, 0.1) is 22.8 Å². The van der Waals surface area contributed by atoms with E-state index in [2.05, 4.69) is 15.3 Å². The van der Waals surface area contributed by atoms with Crippen LogP contribution in [-0.2, 0) is 28.5 Å². The van der Waals surface area contributed by atoms with Crippen molar-refractivity contribution in [2.45, 2.75) is 51.4 Å². The molecule has 0 unspecified atom stereocenters. The SMILES string of the molecule is CCOC(=O)c1c(NC(=O)CSc2nc3c(c(C(F)(F)F)n2)CCC3)sc(C(C)=O)c1C. The molecule has 1 N–H and O–H groups in total. The molecule has 1 aliphatic carbocycles. The minimum Gasteiger partial charge on any atom is -0.462 e. The quantitative estimate of drug-likeness (QED) is 0.266. The van der Waals surface area contributed by atoms with Crippen LogP contribution >= 0.6 is 23.1 Å². The molecule has 1 amide bonds. The van der Waals surface area contributed by atoms with Crippen molar-refractivity contribution < 1.29 is 32.3 Å². The summed E-state index contributed by atoms with van der Waals surface area (Å²) in [5.41, 5.74) is 0.0257. The maximum absolute atomic E-state index is 13.3. The van der Waals surface area contributed by atoms with Gasteiger partial charge in [0.15, 0.2) is 16.6 Å². The van der Waals surface area contributed by atoms with E-state index in [-0.39, 0.29) is 45.8 Å². The van der Waals surface area contributed by atoms with Crippen LogP contribution in [-0.4, -0.2) is 40.0 Å². The molecule has 0 saturated carbocycles. The molecule has 0 aromatic carbocycles. The maximum atomic E-state index is 13.3. The van der Waals surface area contributed by atoms with E-state index in [4.69, 9.17) is 4.74 Å². The zero-order chi connectivity index (χ0) is 23.6. The Morgan fingerprint density at radius 1 is 1.22 bits per heavy atom. The van der Waals surface area contributed by atoms with Crippen molar-refractivity contribution in [3.05, 3.63) is 33.0 Å². The lowest BCUT2D eigenvalue weighted by molar-refractivity contribution is -0.142. The number of fused-ring (bicyclic) bond motifs is 1. The number of ketones is 1. The van der Waals surface area contributed by atoms with Gasteiger partial charge in [-0.05, 0) is 45.6 Å². The van der Waals surface area contributed by atoms with Gasteiger partial charge in [0.2, 0.25) is 5.91 Å². The van der Waals surface area contributed by atoms with E-state index in [1.807, 2.05) is 0 Å². The standard InChI is InChI=1S/C20H20F3N3O4S2/c1-4-30-18(29)14-9(2)15(10(3)27)32-17(14)25-13(28)8-31-19-24-12-7-5-6-11(12)16(26-19)20(21,22)23/h4-8H2,1-3H3,(H,25,28). The van der Waals surface area contributed by atoms with Gasteiger partial charge < -0.3 is 10.1 Å². The number of nitrogens with zero attached hydrogens (tertiary/aromatic N) is 2. The molecule has 32 heavy (non-hydrogen) atoms.